The molecule has 0 saturated heterocycles. The third-order valence-electron chi connectivity index (χ3n) is 3.39. The van der Waals surface area contributed by atoms with Gasteiger partial charge in [-0.15, -0.1) is 10.2 Å². The molecular formula is C14H16N8O2. The smallest absolute Gasteiger partial charge is 0.280 e. The Kier molecular flexibility index (Phi) is 3.72. The Morgan fingerprint density at radius 1 is 1.04 bits per heavy atom. The lowest BCUT2D eigenvalue weighted by molar-refractivity contribution is -0.384. The highest BCUT2D eigenvalue weighted by Gasteiger charge is 2.23. The van der Waals surface area contributed by atoms with Crippen molar-refractivity contribution in [3.05, 3.63) is 34.4 Å². The Labute approximate surface area is 137 Å². The summed E-state index contributed by atoms with van der Waals surface area (Å²) in [6.45, 7) is 0. The van der Waals surface area contributed by atoms with Gasteiger partial charge in [0.15, 0.2) is 5.82 Å². The van der Waals surface area contributed by atoms with Crippen LogP contribution in [0.2, 0.25) is 0 Å². The zero-order valence-corrected chi connectivity index (χ0v) is 13.7. The molecule has 0 unspecified atom stereocenters. The number of nitro benzene ring substituents is 1. The van der Waals surface area contributed by atoms with E-state index in [1.807, 2.05) is 28.2 Å². The first-order chi connectivity index (χ1) is 11.4. The summed E-state index contributed by atoms with van der Waals surface area (Å²) in [6.07, 6.45) is 0. The van der Waals surface area contributed by atoms with Crippen LogP contribution >= 0.6 is 0 Å². The molecule has 0 atom stereocenters. The van der Waals surface area contributed by atoms with Crippen LogP contribution < -0.4 is 9.80 Å². The van der Waals surface area contributed by atoms with E-state index in [1.54, 1.807) is 32.4 Å². The summed E-state index contributed by atoms with van der Waals surface area (Å²) in [4.78, 5) is 23.2. The molecule has 124 valence electrons. The Hall–Kier alpha value is -3.30. The van der Waals surface area contributed by atoms with Crippen molar-refractivity contribution in [2.45, 2.75) is 0 Å². The van der Waals surface area contributed by atoms with Gasteiger partial charge in [0, 0.05) is 34.3 Å². The zero-order chi connectivity index (χ0) is 17.4. The van der Waals surface area contributed by atoms with Crippen molar-refractivity contribution < 1.29 is 4.92 Å². The average Bonchev–Trinajstić information content (AvgIpc) is 2.97. The van der Waals surface area contributed by atoms with Gasteiger partial charge in [-0.1, -0.05) is 12.1 Å². The SMILES string of the molecule is CN(C)c1nc(N(C)C)n2c(-c3ccccc3[N+](=O)[O-])nnc2n1. The molecule has 0 aliphatic rings. The number of nitro groups is 1. The van der Waals surface area contributed by atoms with E-state index in [1.165, 1.54) is 6.07 Å². The van der Waals surface area contributed by atoms with Crippen LogP contribution in [-0.2, 0) is 0 Å². The van der Waals surface area contributed by atoms with E-state index in [-0.39, 0.29) is 5.69 Å². The molecule has 0 spiro atoms. The second kappa shape index (κ2) is 5.72. The van der Waals surface area contributed by atoms with Crippen LogP contribution in [0, 0.1) is 10.1 Å². The number of para-hydroxylation sites is 1. The van der Waals surface area contributed by atoms with Crippen molar-refractivity contribution in [2.24, 2.45) is 0 Å². The first kappa shape index (κ1) is 15.6. The molecule has 0 N–H and O–H groups in total. The van der Waals surface area contributed by atoms with Crippen LogP contribution in [0.5, 0.6) is 0 Å². The van der Waals surface area contributed by atoms with Gasteiger partial charge in [0.2, 0.25) is 11.9 Å². The number of nitrogens with zero attached hydrogens (tertiary/aromatic N) is 8. The van der Waals surface area contributed by atoms with E-state index in [0.717, 1.165) is 0 Å². The molecule has 3 aromatic rings. The van der Waals surface area contributed by atoms with Crippen LogP contribution in [0.3, 0.4) is 0 Å². The summed E-state index contributed by atoms with van der Waals surface area (Å²) < 4.78 is 1.61. The minimum atomic E-state index is -0.444. The Balaban J connectivity index is 2.34. The third kappa shape index (κ3) is 2.47. The van der Waals surface area contributed by atoms with Gasteiger partial charge in [0.25, 0.3) is 11.5 Å². The molecule has 10 heteroatoms. The van der Waals surface area contributed by atoms with Crippen LogP contribution in [-0.4, -0.2) is 57.7 Å². The fourth-order valence-corrected chi connectivity index (χ4v) is 2.28. The second-order valence-corrected chi connectivity index (χ2v) is 5.55. The van der Waals surface area contributed by atoms with E-state index in [9.17, 15) is 10.1 Å². The highest BCUT2D eigenvalue weighted by Crippen LogP contribution is 2.30. The molecule has 2 aromatic heterocycles. The van der Waals surface area contributed by atoms with Gasteiger partial charge in [-0.05, 0) is 6.07 Å². The summed E-state index contributed by atoms with van der Waals surface area (Å²) in [6, 6.07) is 6.39. The lowest BCUT2D eigenvalue weighted by atomic mass is 10.1. The van der Waals surface area contributed by atoms with Crippen molar-refractivity contribution in [2.75, 3.05) is 38.0 Å². The maximum atomic E-state index is 11.3. The lowest BCUT2D eigenvalue weighted by Crippen LogP contribution is -2.20. The molecule has 24 heavy (non-hydrogen) atoms. The summed E-state index contributed by atoms with van der Waals surface area (Å²) in [5.74, 6) is 1.66. The maximum Gasteiger partial charge on any atom is 0.280 e. The van der Waals surface area contributed by atoms with Crippen molar-refractivity contribution in [3.63, 3.8) is 0 Å². The highest BCUT2D eigenvalue weighted by molar-refractivity contribution is 5.71. The van der Waals surface area contributed by atoms with E-state index in [4.69, 9.17) is 0 Å². The molecule has 0 bridgehead atoms. The van der Waals surface area contributed by atoms with Gasteiger partial charge in [0.1, 0.15) is 0 Å². The minimum absolute atomic E-state index is 0.0480. The molecule has 0 amide bonds. The van der Waals surface area contributed by atoms with Crippen LogP contribution in [0.15, 0.2) is 24.3 Å². The number of hydrogen-bond acceptors (Lipinski definition) is 8. The topological polar surface area (TPSA) is 106 Å². The maximum absolute atomic E-state index is 11.3. The third-order valence-corrected chi connectivity index (χ3v) is 3.39. The van der Waals surface area contributed by atoms with Gasteiger partial charge in [-0.25, -0.2) is 4.40 Å². The van der Waals surface area contributed by atoms with Gasteiger partial charge >= 0.3 is 0 Å². The largest absolute Gasteiger partial charge is 0.348 e. The van der Waals surface area contributed by atoms with Gasteiger partial charge in [-0.3, -0.25) is 10.1 Å². The standard InChI is InChI=1S/C14H16N8O2/c1-19(2)12-15-13-18-17-11(21(13)14(16-12)20(3)4)9-7-5-6-8-10(9)22(23)24/h5-8H,1-4H3. The number of anilines is 2. The molecular weight excluding hydrogens is 312 g/mol. The summed E-state index contributed by atoms with van der Waals surface area (Å²) in [7, 11) is 7.30. The van der Waals surface area contributed by atoms with Crippen molar-refractivity contribution in [1.29, 1.82) is 0 Å². The summed E-state index contributed by atoms with van der Waals surface area (Å²) >= 11 is 0. The van der Waals surface area contributed by atoms with Crippen molar-refractivity contribution in [3.8, 4) is 11.4 Å². The van der Waals surface area contributed by atoms with E-state index in [2.05, 4.69) is 20.2 Å². The van der Waals surface area contributed by atoms with Crippen molar-refractivity contribution >= 4 is 23.4 Å². The predicted octanol–water partition coefficient (Wildman–Crippen LogP) is 1.23. The Bertz CT molecular complexity index is 918. The fraction of sp³-hybridized carbons (Fsp3) is 0.286. The average molecular weight is 328 g/mol. The molecule has 10 nitrogen and oxygen atoms in total. The molecule has 0 radical (unpaired) electrons. The monoisotopic (exact) mass is 328 g/mol. The van der Waals surface area contributed by atoms with Gasteiger partial charge in [-0.2, -0.15) is 9.97 Å². The predicted molar refractivity (Wildman–Crippen MR) is 89.3 cm³/mol. The van der Waals surface area contributed by atoms with Crippen LogP contribution in [0.1, 0.15) is 0 Å². The molecule has 0 fully saturated rings. The quantitative estimate of drug-likeness (QED) is 0.520. The number of fused-ring (bicyclic) bond motifs is 1. The first-order valence-electron chi connectivity index (χ1n) is 7.11. The summed E-state index contributed by atoms with van der Waals surface area (Å²) in [5.41, 5.74) is 0.312. The number of rotatable bonds is 4. The van der Waals surface area contributed by atoms with Gasteiger partial charge in [0.05, 0.1) is 10.5 Å². The highest BCUT2D eigenvalue weighted by atomic mass is 16.6. The Morgan fingerprint density at radius 3 is 2.38 bits per heavy atom. The normalized spacial score (nSPS) is 10.8. The first-order valence-corrected chi connectivity index (χ1v) is 7.11. The molecule has 0 aliphatic heterocycles. The lowest BCUT2D eigenvalue weighted by Gasteiger charge is -2.17. The fourth-order valence-electron chi connectivity index (χ4n) is 2.28. The molecule has 0 aliphatic carbocycles. The molecule has 3 rings (SSSR count). The van der Waals surface area contributed by atoms with Gasteiger partial charge < -0.3 is 9.80 Å². The summed E-state index contributed by atoms with van der Waals surface area (Å²) in [5, 5.41) is 19.5. The zero-order valence-electron chi connectivity index (χ0n) is 13.7. The molecule has 1 aromatic carbocycles. The second-order valence-electron chi connectivity index (χ2n) is 5.55. The van der Waals surface area contributed by atoms with E-state index >= 15 is 0 Å². The minimum Gasteiger partial charge on any atom is -0.348 e. The Morgan fingerprint density at radius 2 is 1.75 bits per heavy atom. The van der Waals surface area contributed by atoms with Crippen LogP contribution in [0.4, 0.5) is 17.6 Å². The number of aromatic nitrogens is 5. The van der Waals surface area contributed by atoms with E-state index in [0.29, 0.717) is 29.1 Å². The van der Waals surface area contributed by atoms with E-state index < -0.39 is 4.92 Å². The number of benzene rings is 1. The van der Waals surface area contributed by atoms with Crippen LogP contribution in [0.25, 0.3) is 17.2 Å². The molecule has 0 saturated carbocycles. The number of hydrogen-bond donors (Lipinski definition) is 0. The van der Waals surface area contributed by atoms with Crippen molar-refractivity contribution in [1.82, 2.24) is 24.6 Å². The molecule has 2 heterocycles.